The lowest BCUT2D eigenvalue weighted by molar-refractivity contribution is -0.147. The predicted molar refractivity (Wildman–Crippen MR) is 61.7 cm³/mol. The van der Waals surface area contributed by atoms with Gasteiger partial charge < -0.3 is 14.9 Å². The Balaban J connectivity index is 0.000000315. The molecule has 0 aromatic heterocycles. The minimum atomic E-state index is -0.670. The normalized spacial score (nSPS) is 14.6. The first-order chi connectivity index (χ1) is 7.72. The monoisotopic (exact) mass is 230 g/mol. The number of esters is 1. The van der Waals surface area contributed by atoms with Crippen molar-refractivity contribution in [3.8, 4) is 0 Å². The highest BCUT2D eigenvalue weighted by Gasteiger charge is 2.05. The smallest absolute Gasteiger partial charge is 0.335 e. The van der Waals surface area contributed by atoms with E-state index in [0.29, 0.717) is 0 Å². The topological polar surface area (TPSA) is 66.8 Å². The molecular weight excluding hydrogens is 208 g/mol. The Morgan fingerprint density at radius 1 is 1.06 bits per heavy atom. The molecule has 1 aliphatic rings. The van der Waals surface area contributed by atoms with Gasteiger partial charge in [-0.05, 0) is 0 Å². The molecule has 16 heavy (non-hydrogen) atoms. The van der Waals surface area contributed by atoms with Crippen molar-refractivity contribution >= 4 is 5.97 Å². The molecule has 0 aliphatic heterocycles. The summed E-state index contributed by atoms with van der Waals surface area (Å²) in [5.74, 6) is -0.670. The number of hydrogen-bond donors (Lipinski definition) is 2. The number of rotatable bonds is 4. The number of hydrogen-bond acceptors (Lipinski definition) is 4. The Hall–Kier alpha value is -0.870. The van der Waals surface area contributed by atoms with Crippen molar-refractivity contribution in [1.82, 2.24) is 0 Å². The van der Waals surface area contributed by atoms with E-state index in [9.17, 15) is 4.79 Å². The van der Waals surface area contributed by atoms with Crippen molar-refractivity contribution in [3.63, 3.8) is 0 Å². The molecule has 0 saturated heterocycles. The predicted octanol–water partition coefficient (Wildman–Crippen LogP) is 1.76. The average molecular weight is 230 g/mol. The summed E-state index contributed by atoms with van der Waals surface area (Å²) < 4.78 is 4.16. The third-order valence-electron chi connectivity index (χ3n) is 2.40. The number of ether oxygens (including phenoxy) is 1. The Morgan fingerprint density at radius 3 is 1.81 bits per heavy atom. The van der Waals surface area contributed by atoms with Crippen LogP contribution in [0.25, 0.3) is 0 Å². The van der Waals surface area contributed by atoms with E-state index in [1.165, 1.54) is 38.5 Å². The molecular formula is C12H22O4. The average Bonchev–Trinajstić information content (AvgIpc) is 2.33. The molecule has 94 valence electrons. The van der Waals surface area contributed by atoms with Gasteiger partial charge in [-0.3, -0.25) is 0 Å². The molecule has 4 heteroatoms. The van der Waals surface area contributed by atoms with Gasteiger partial charge in [0.15, 0.2) is 6.79 Å². The third-order valence-corrected chi connectivity index (χ3v) is 2.40. The summed E-state index contributed by atoms with van der Waals surface area (Å²) in [4.78, 5) is 10.5. The molecule has 0 amide bonds. The molecule has 0 aromatic rings. The fraction of sp³-hybridized carbons (Fsp3) is 0.750. The van der Waals surface area contributed by atoms with Crippen LogP contribution in [-0.2, 0) is 9.53 Å². The van der Waals surface area contributed by atoms with Gasteiger partial charge in [-0.1, -0.05) is 45.1 Å². The van der Waals surface area contributed by atoms with Crippen LogP contribution in [0.2, 0.25) is 0 Å². The van der Waals surface area contributed by atoms with Gasteiger partial charge in [0, 0.05) is 18.6 Å². The summed E-state index contributed by atoms with van der Waals surface area (Å²) in [5.41, 5.74) is 0.163. The molecule has 0 aromatic carbocycles. The molecule has 1 saturated carbocycles. The van der Waals surface area contributed by atoms with E-state index in [0.717, 1.165) is 0 Å². The van der Waals surface area contributed by atoms with Crippen molar-refractivity contribution in [2.75, 3.05) is 13.4 Å². The summed E-state index contributed by atoms with van der Waals surface area (Å²) >= 11 is 0. The maximum absolute atomic E-state index is 10.5. The fourth-order valence-electron chi connectivity index (χ4n) is 1.46. The second-order valence-electron chi connectivity index (χ2n) is 3.76. The molecule has 0 unspecified atom stereocenters. The van der Waals surface area contributed by atoms with E-state index in [1.54, 1.807) is 0 Å². The van der Waals surface area contributed by atoms with Crippen LogP contribution < -0.4 is 0 Å². The summed E-state index contributed by atoms with van der Waals surface area (Å²) in [7, 11) is 0. The van der Waals surface area contributed by atoms with Gasteiger partial charge in [0.05, 0.1) is 0 Å². The van der Waals surface area contributed by atoms with Crippen molar-refractivity contribution in [3.05, 3.63) is 12.2 Å². The Kier molecular flexibility index (Phi) is 10.1. The van der Waals surface area contributed by atoms with E-state index in [-0.39, 0.29) is 18.6 Å². The van der Waals surface area contributed by atoms with Crippen LogP contribution in [0.4, 0.5) is 0 Å². The van der Waals surface area contributed by atoms with Crippen LogP contribution in [0, 0.1) is 0 Å². The lowest BCUT2D eigenvalue weighted by Crippen LogP contribution is -2.08. The molecule has 0 radical (unpaired) electrons. The summed E-state index contributed by atoms with van der Waals surface area (Å²) in [5, 5.41) is 16.4. The first kappa shape index (κ1) is 15.1. The lowest BCUT2D eigenvalue weighted by atomic mass is 10.0. The van der Waals surface area contributed by atoms with Crippen LogP contribution in [-0.4, -0.2) is 29.6 Å². The first-order valence-corrected chi connectivity index (χ1v) is 5.79. The van der Waals surface area contributed by atoms with Gasteiger partial charge in [-0.15, -0.1) is 0 Å². The highest BCUT2D eigenvalue weighted by atomic mass is 16.6. The minimum absolute atomic E-state index is 0.140. The maximum Gasteiger partial charge on any atom is 0.335 e. The van der Waals surface area contributed by atoms with Crippen LogP contribution in [0.15, 0.2) is 12.2 Å². The standard InChI is InChI=1S/C6H10O4.C6H12/c1-5(2-3-7)6(9)10-4-8;1-2-4-6-5-3-1/h7-8H,1-4H2;1-6H2. The van der Waals surface area contributed by atoms with E-state index in [1.807, 2.05) is 0 Å². The van der Waals surface area contributed by atoms with Crippen LogP contribution in [0.1, 0.15) is 44.9 Å². The van der Waals surface area contributed by atoms with Crippen molar-refractivity contribution in [2.45, 2.75) is 44.9 Å². The van der Waals surface area contributed by atoms with Crippen molar-refractivity contribution < 1.29 is 19.7 Å². The van der Waals surface area contributed by atoms with Gasteiger partial charge in [-0.2, -0.15) is 0 Å². The fourth-order valence-corrected chi connectivity index (χ4v) is 1.46. The highest BCUT2D eigenvalue weighted by Crippen LogP contribution is 2.15. The molecule has 1 aliphatic carbocycles. The third kappa shape index (κ3) is 8.44. The minimum Gasteiger partial charge on any atom is -0.435 e. The maximum atomic E-state index is 10.5. The van der Waals surface area contributed by atoms with Crippen LogP contribution in [0.3, 0.4) is 0 Å². The van der Waals surface area contributed by atoms with Gasteiger partial charge in [-0.25, -0.2) is 4.79 Å². The quantitative estimate of drug-likeness (QED) is 0.439. The molecule has 0 heterocycles. The largest absolute Gasteiger partial charge is 0.435 e. The molecule has 0 atom stereocenters. The van der Waals surface area contributed by atoms with Crippen LogP contribution in [0.5, 0.6) is 0 Å². The zero-order chi connectivity index (χ0) is 12.2. The molecule has 4 nitrogen and oxygen atoms in total. The van der Waals surface area contributed by atoms with Gasteiger partial charge in [0.2, 0.25) is 0 Å². The van der Waals surface area contributed by atoms with Crippen molar-refractivity contribution in [2.24, 2.45) is 0 Å². The van der Waals surface area contributed by atoms with Crippen LogP contribution >= 0.6 is 0 Å². The Bertz CT molecular complexity index is 170. The second-order valence-corrected chi connectivity index (χ2v) is 3.76. The molecule has 0 spiro atoms. The summed E-state index contributed by atoms with van der Waals surface area (Å²) in [6.07, 6.45) is 9.18. The van der Waals surface area contributed by atoms with Gasteiger partial charge in [0.1, 0.15) is 0 Å². The van der Waals surface area contributed by atoms with E-state index in [4.69, 9.17) is 10.2 Å². The zero-order valence-corrected chi connectivity index (χ0v) is 9.78. The highest BCUT2D eigenvalue weighted by molar-refractivity contribution is 5.87. The van der Waals surface area contributed by atoms with E-state index in [2.05, 4.69) is 11.3 Å². The molecule has 1 rings (SSSR count). The number of aliphatic hydroxyl groups excluding tert-OH is 2. The first-order valence-electron chi connectivity index (χ1n) is 5.79. The summed E-state index contributed by atoms with van der Waals surface area (Å²) in [6, 6.07) is 0. The zero-order valence-electron chi connectivity index (χ0n) is 9.78. The Labute approximate surface area is 96.9 Å². The van der Waals surface area contributed by atoms with E-state index >= 15 is 0 Å². The molecule has 2 N–H and O–H groups in total. The van der Waals surface area contributed by atoms with Gasteiger partial charge in [0.25, 0.3) is 0 Å². The Morgan fingerprint density at radius 2 is 1.50 bits per heavy atom. The molecule has 1 fully saturated rings. The number of aliphatic hydroxyl groups is 2. The SMILES string of the molecule is C1CCCCC1.C=C(CCO)C(=O)OCO. The van der Waals surface area contributed by atoms with Gasteiger partial charge >= 0.3 is 5.97 Å². The number of carbonyl (C=O) groups excluding carboxylic acids is 1. The van der Waals surface area contributed by atoms with E-state index < -0.39 is 12.8 Å². The van der Waals surface area contributed by atoms with Crippen molar-refractivity contribution in [1.29, 1.82) is 0 Å². The second kappa shape index (κ2) is 10.6. The number of carbonyl (C=O) groups is 1. The molecule has 0 bridgehead atoms. The lowest BCUT2D eigenvalue weighted by Gasteiger charge is -2.05. The summed E-state index contributed by atoms with van der Waals surface area (Å²) in [6.45, 7) is 2.53.